The molecule has 18 heteroatoms. The maximum Gasteiger partial charge on any atom is 0.334 e. The Morgan fingerprint density at radius 1 is 0.745 bits per heavy atom. The molecule has 0 aliphatic carbocycles. The van der Waals surface area contributed by atoms with E-state index in [2.05, 4.69) is 34.6 Å². The van der Waals surface area contributed by atoms with E-state index in [1.54, 1.807) is 16.7 Å². The average molecular weight is 832 g/mol. The van der Waals surface area contributed by atoms with E-state index >= 15 is 0 Å². The van der Waals surface area contributed by atoms with Gasteiger partial charge in [-0.2, -0.15) is 9.97 Å². The van der Waals surface area contributed by atoms with Crippen LogP contribution in [0.5, 0.6) is 0 Å². The molecule has 0 saturated heterocycles. The highest BCUT2D eigenvalue weighted by molar-refractivity contribution is 6.76. The predicted molar refractivity (Wildman–Crippen MR) is 220 cm³/mol. The Kier molecular flexibility index (Phi) is 14.2. The quantitative estimate of drug-likeness (QED) is 0.0746. The molecule has 0 unspecified atom stereocenters. The fourth-order valence-electron chi connectivity index (χ4n) is 5.81. The summed E-state index contributed by atoms with van der Waals surface area (Å²) in [5.74, 6) is 0. The van der Waals surface area contributed by atoms with Crippen LogP contribution in [0, 0.1) is 0 Å². The van der Waals surface area contributed by atoms with Crippen molar-refractivity contribution in [2.24, 2.45) is 0 Å². The van der Waals surface area contributed by atoms with E-state index in [4.69, 9.17) is 44.6 Å². The fraction of sp³-hybridized carbons (Fsp3) is 0.405. The van der Waals surface area contributed by atoms with Crippen LogP contribution in [0.15, 0.2) is 73.8 Å². The highest BCUT2D eigenvalue weighted by Gasteiger charge is 2.22. The molecule has 0 fully saturated rings. The second-order valence-electron chi connectivity index (χ2n) is 14.2. The number of halogens is 3. The Hall–Kier alpha value is -4.25. The van der Waals surface area contributed by atoms with Gasteiger partial charge in [-0.05, 0) is 65.3 Å². The van der Waals surface area contributed by atoms with E-state index in [1.165, 1.54) is 13.7 Å². The summed E-state index contributed by atoms with van der Waals surface area (Å²) in [5, 5.41) is 9.81. The van der Waals surface area contributed by atoms with Gasteiger partial charge < -0.3 is 19.0 Å². The van der Waals surface area contributed by atoms with Crippen molar-refractivity contribution in [3.63, 3.8) is 0 Å². The predicted octanol–water partition coefficient (Wildman–Crippen LogP) is 5.80. The maximum atomic E-state index is 13.3. The lowest BCUT2D eigenvalue weighted by molar-refractivity contribution is 0.0854. The first-order chi connectivity index (χ1) is 26.2. The van der Waals surface area contributed by atoms with Gasteiger partial charge in [0.1, 0.15) is 6.73 Å². The van der Waals surface area contributed by atoms with Crippen molar-refractivity contribution in [3.8, 4) is 0 Å². The highest BCUT2D eigenvalue weighted by Crippen LogP contribution is 2.20. The average Bonchev–Trinajstić information content (AvgIpc) is 3.63. The van der Waals surface area contributed by atoms with Gasteiger partial charge in [0.2, 0.25) is 10.6 Å². The molecule has 294 valence electrons. The van der Waals surface area contributed by atoms with Crippen molar-refractivity contribution in [1.82, 2.24) is 37.8 Å². The molecule has 2 aromatic carbocycles. The second-order valence-corrected chi connectivity index (χ2v) is 21.0. The van der Waals surface area contributed by atoms with E-state index in [0.29, 0.717) is 43.2 Å². The van der Waals surface area contributed by atoms with Gasteiger partial charge in [0.15, 0.2) is 22.3 Å². The Balaban J connectivity index is 0.000000218. The molecular formula is C37H45Cl3N8O6Si. The molecule has 14 nitrogen and oxygen atoms in total. The molecule has 0 saturated carbocycles. The van der Waals surface area contributed by atoms with E-state index in [-0.39, 0.29) is 52.8 Å². The summed E-state index contributed by atoms with van der Waals surface area (Å²) in [5.41, 5.74) is 1.01. The molecule has 6 aromatic rings. The van der Waals surface area contributed by atoms with Gasteiger partial charge >= 0.3 is 11.4 Å². The third-order valence-corrected chi connectivity index (χ3v) is 11.4. The molecule has 0 bridgehead atoms. The molecule has 0 atom stereocenters. The molecule has 6 rings (SSSR count). The number of fused-ring (bicyclic) bond motifs is 2. The molecule has 4 heterocycles. The first-order valence-electron chi connectivity index (χ1n) is 18.0. The normalized spacial score (nSPS) is 11.7. The van der Waals surface area contributed by atoms with Crippen molar-refractivity contribution in [1.29, 1.82) is 0 Å². The number of unbranched alkanes of at least 4 members (excludes halogenated alkanes) is 1. The minimum Gasteiger partial charge on any atom is -0.396 e. The zero-order valence-electron chi connectivity index (χ0n) is 31.2. The monoisotopic (exact) mass is 830 g/mol. The summed E-state index contributed by atoms with van der Waals surface area (Å²) >= 11 is 18.5. The Morgan fingerprint density at radius 3 is 1.98 bits per heavy atom. The van der Waals surface area contributed by atoms with E-state index in [0.717, 1.165) is 34.6 Å². The lowest BCUT2D eigenvalue weighted by Gasteiger charge is -2.16. The van der Waals surface area contributed by atoms with Crippen LogP contribution in [-0.2, 0) is 37.6 Å². The zero-order valence-corrected chi connectivity index (χ0v) is 34.5. The molecule has 2 N–H and O–H groups in total. The van der Waals surface area contributed by atoms with Crippen LogP contribution in [0.4, 0.5) is 0 Å². The topological polar surface area (TPSA) is 164 Å². The number of nitrogens with zero attached hydrogens (tertiary/aromatic N) is 7. The summed E-state index contributed by atoms with van der Waals surface area (Å²) in [6.45, 7) is 10.5. The number of hydrogen-bond donors (Lipinski definition) is 2. The number of aliphatic hydroxyl groups is 1. The van der Waals surface area contributed by atoms with Gasteiger partial charge in [-0.15, -0.1) is 0 Å². The maximum absolute atomic E-state index is 13.3. The van der Waals surface area contributed by atoms with Gasteiger partial charge in [0.05, 0.1) is 13.1 Å². The third kappa shape index (κ3) is 10.1. The second kappa shape index (κ2) is 18.6. The Morgan fingerprint density at radius 2 is 1.35 bits per heavy atom. The smallest absolute Gasteiger partial charge is 0.334 e. The Labute approximate surface area is 332 Å². The van der Waals surface area contributed by atoms with E-state index in [9.17, 15) is 19.2 Å². The van der Waals surface area contributed by atoms with Gasteiger partial charge in [0, 0.05) is 39.4 Å². The number of aromatic amines is 1. The van der Waals surface area contributed by atoms with Crippen LogP contribution < -0.4 is 22.5 Å². The minimum absolute atomic E-state index is 0.0465. The van der Waals surface area contributed by atoms with E-state index in [1.807, 2.05) is 49.4 Å². The summed E-state index contributed by atoms with van der Waals surface area (Å²) < 4.78 is 12.8. The molecular weight excluding hydrogens is 787 g/mol. The summed E-state index contributed by atoms with van der Waals surface area (Å²) in [7, 11) is -1.26. The molecule has 0 aliphatic heterocycles. The van der Waals surface area contributed by atoms with Crippen LogP contribution >= 0.6 is 34.8 Å². The SMILES string of the molecule is CCCCn1c(=O)c2c(nc(Cl)n2Cc2ccccc2)n(COCC[Si](C)(C)C)c1=O.O=c1[nH]c2nc(Cl)n(Cc3ccc(Cl)cc3)c2c(=O)n1CCCO. The number of benzene rings is 2. The molecule has 0 amide bonds. The van der Waals surface area contributed by atoms with Crippen molar-refractivity contribution in [3.05, 3.63) is 123 Å². The lowest BCUT2D eigenvalue weighted by atomic mass is 10.2. The standard InChI is InChI=1S/C22H31ClN4O3Si.C15H14Cl2N4O3/c1-5-6-12-25-20(28)18-19(27(22(25)29)16-30-13-14-31(2,3)4)24-21(23)26(18)15-17-10-8-7-9-11-17;16-10-4-2-9(3-5-10)8-21-11-12(18-14(21)17)19-15(24)20(13(11)23)6-1-7-22/h7-11H,5-6,12-16H2,1-4H3;2-5,22H,1,6-8H2,(H,19,24). The fourth-order valence-corrected chi connectivity index (χ4v) is 7.14. The van der Waals surface area contributed by atoms with Crippen LogP contribution in [0.2, 0.25) is 41.3 Å². The number of aromatic nitrogens is 8. The highest BCUT2D eigenvalue weighted by atomic mass is 35.5. The van der Waals surface area contributed by atoms with Gasteiger partial charge in [-0.3, -0.25) is 28.3 Å². The first kappa shape index (κ1) is 41.9. The van der Waals surface area contributed by atoms with Crippen LogP contribution in [-0.4, -0.2) is 64.2 Å². The number of hydrogen-bond acceptors (Lipinski definition) is 8. The van der Waals surface area contributed by atoms with Gasteiger partial charge in [-0.1, -0.05) is 87.1 Å². The molecule has 0 aliphatic rings. The number of ether oxygens (including phenoxy) is 1. The lowest BCUT2D eigenvalue weighted by Crippen LogP contribution is -2.41. The third-order valence-electron chi connectivity index (χ3n) is 8.84. The summed E-state index contributed by atoms with van der Waals surface area (Å²) in [4.78, 5) is 62.1. The zero-order chi connectivity index (χ0) is 39.9. The van der Waals surface area contributed by atoms with E-state index < -0.39 is 25.0 Å². The van der Waals surface area contributed by atoms with Crippen LogP contribution in [0.1, 0.15) is 37.3 Å². The minimum atomic E-state index is -1.26. The molecule has 0 radical (unpaired) electrons. The molecule has 0 spiro atoms. The van der Waals surface area contributed by atoms with Crippen molar-refractivity contribution in [2.75, 3.05) is 13.2 Å². The number of H-pyrrole nitrogens is 1. The number of aliphatic hydroxyl groups excluding tert-OH is 1. The number of nitrogens with one attached hydrogen (secondary N) is 1. The Bertz CT molecular complexity index is 2480. The van der Waals surface area contributed by atoms with Gasteiger partial charge in [0.25, 0.3) is 11.1 Å². The van der Waals surface area contributed by atoms with Crippen molar-refractivity contribution in [2.45, 2.75) is 84.8 Å². The first-order valence-corrected chi connectivity index (χ1v) is 22.8. The molecule has 4 aromatic heterocycles. The van der Waals surface area contributed by atoms with Crippen LogP contribution in [0.3, 0.4) is 0 Å². The van der Waals surface area contributed by atoms with Crippen LogP contribution in [0.25, 0.3) is 22.3 Å². The van der Waals surface area contributed by atoms with Gasteiger partial charge in [-0.25, -0.2) is 9.59 Å². The largest absolute Gasteiger partial charge is 0.396 e. The molecule has 55 heavy (non-hydrogen) atoms. The summed E-state index contributed by atoms with van der Waals surface area (Å²) in [6.07, 6.45) is 1.91. The summed E-state index contributed by atoms with van der Waals surface area (Å²) in [6, 6.07) is 17.8. The number of imidazole rings is 2. The van der Waals surface area contributed by atoms with Crippen molar-refractivity contribution < 1.29 is 9.84 Å². The van der Waals surface area contributed by atoms with Crippen molar-refractivity contribution >= 4 is 65.2 Å². The number of rotatable bonds is 15.